The lowest BCUT2D eigenvalue weighted by molar-refractivity contribution is -0.115. The molecule has 0 atom stereocenters. The van der Waals surface area contributed by atoms with Crippen LogP contribution in [0.4, 0.5) is 14.5 Å². The van der Waals surface area contributed by atoms with Gasteiger partial charge in [-0.2, -0.15) is 0 Å². The van der Waals surface area contributed by atoms with Crippen molar-refractivity contribution in [1.82, 2.24) is 0 Å². The van der Waals surface area contributed by atoms with Crippen molar-refractivity contribution in [3.63, 3.8) is 0 Å². The van der Waals surface area contributed by atoms with Gasteiger partial charge in [0.2, 0.25) is 5.91 Å². The number of rotatable bonds is 3. The number of carbonyl (C=O) groups excluding carboxylic acids is 1. The molecule has 2 aromatic carbocycles. The van der Waals surface area contributed by atoms with E-state index in [0.717, 1.165) is 33.4 Å². The van der Waals surface area contributed by atoms with E-state index in [-0.39, 0.29) is 12.3 Å². The molecule has 0 aromatic heterocycles. The van der Waals surface area contributed by atoms with Gasteiger partial charge in [0.05, 0.1) is 6.42 Å². The van der Waals surface area contributed by atoms with Crippen molar-refractivity contribution in [2.75, 3.05) is 5.32 Å². The highest BCUT2D eigenvalue weighted by atomic mass is 79.9. The molecule has 0 saturated heterocycles. The van der Waals surface area contributed by atoms with Crippen molar-refractivity contribution >= 4 is 27.5 Å². The first-order valence-electron chi connectivity index (χ1n) is 6.37. The van der Waals surface area contributed by atoms with Crippen molar-refractivity contribution in [1.29, 1.82) is 0 Å². The zero-order chi connectivity index (χ0) is 15.6. The van der Waals surface area contributed by atoms with Crippen molar-refractivity contribution in [3.05, 3.63) is 63.1 Å². The van der Waals surface area contributed by atoms with Crippen LogP contribution in [0, 0.1) is 25.5 Å². The van der Waals surface area contributed by atoms with Crippen LogP contribution >= 0.6 is 15.9 Å². The van der Waals surface area contributed by atoms with Crippen molar-refractivity contribution < 1.29 is 13.6 Å². The van der Waals surface area contributed by atoms with Gasteiger partial charge in [0.1, 0.15) is 0 Å². The number of benzene rings is 2. The third-order valence-electron chi connectivity index (χ3n) is 3.11. The Hall–Kier alpha value is -1.75. The largest absolute Gasteiger partial charge is 0.325 e. The molecule has 0 aliphatic heterocycles. The maximum Gasteiger partial charge on any atom is 0.228 e. The minimum absolute atomic E-state index is 0.00779. The first-order valence-corrected chi connectivity index (χ1v) is 7.16. The molecule has 0 unspecified atom stereocenters. The van der Waals surface area contributed by atoms with Crippen molar-refractivity contribution in [2.24, 2.45) is 0 Å². The van der Waals surface area contributed by atoms with Gasteiger partial charge in [0.15, 0.2) is 11.6 Å². The molecule has 0 heterocycles. The molecule has 2 rings (SSSR count). The number of aryl methyl sites for hydroxylation is 2. The van der Waals surface area contributed by atoms with Crippen LogP contribution in [0.1, 0.15) is 16.7 Å². The second kappa shape index (κ2) is 6.35. The van der Waals surface area contributed by atoms with Gasteiger partial charge < -0.3 is 5.32 Å². The highest BCUT2D eigenvalue weighted by molar-refractivity contribution is 9.10. The Balaban J connectivity index is 2.13. The van der Waals surface area contributed by atoms with E-state index in [0.29, 0.717) is 5.56 Å². The van der Waals surface area contributed by atoms with E-state index in [1.165, 1.54) is 6.07 Å². The zero-order valence-electron chi connectivity index (χ0n) is 11.6. The maximum atomic E-state index is 13.1. The second-order valence-corrected chi connectivity index (χ2v) is 5.80. The SMILES string of the molecule is Cc1cc(Br)cc(C)c1NC(=O)Cc1ccc(F)c(F)c1. The summed E-state index contributed by atoms with van der Waals surface area (Å²) in [6, 6.07) is 7.27. The summed E-state index contributed by atoms with van der Waals surface area (Å²) in [5.41, 5.74) is 3.03. The zero-order valence-corrected chi connectivity index (χ0v) is 13.2. The van der Waals surface area contributed by atoms with Gasteiger partial charge >= 0.3 is 0 Å². The van der Waals surface area contributed by atoms with Crippen LogP contribution < -0.4 is 5.32 Å². The molecule has 110 valence electrons. The molecule has 21 heavy (non-hydrogen) atoms. The third kappa shape index (κ3) is 3.88. The Morgan fingerprint density at radius 1 is 1.10 bits per heavy atom. The number of anilines is 1. The highest BCUT2D eigenvalue weighted by Crippen LogP contribution is 2.25. The number of nitrogens with one attached hydrogen (secondary N) is 1. The van der Waals surface area contributed by atoms with Gasteiger partial charge in [-0.15, -0.1) is 0 Å². The number of halogens is 3. The fraction of sp³-hybridized carbons (Fsp3) is 0.188. The maximum absolute atomic E-state index is 13.1. The molecule has 0 radical (unpaired) electrons. The summed E-state index contributed by atoms with van der Waals surface area (Å²) in [4.78, 5) is 12.0. The van der Waals surface area contributed by atoms with E-state index in [1.54, 1.807) is 0 Å². The van der Waals surface area contributed by atoms with E-state index in [4.69, 9.17) is 0 Å². The molecule has 2 aromatic rings. The lowest BCUT2D eigenvalue weighted by Gasteiger charge is -2.12. The summed E-state index contributed by atoms with van der Waals surface area (Å²) in [6.07, 6.45) is -0.00779. The van der Waals surface area contributed by atoms with Crippen LogP contribution in [-0.2, 0) is 11.2 Å². The summed E-state index contributed by atoms with van der Waals surface area (Å²) in [7, 11) is 0. The Bertz CT molecular complexity index is 678. The van der Waals surface area contributed by atoms with Crippen molar-refractivity contribution in [3.8, 4) is 0 Å². The van der Waals surface area contributed by atoms with E-state index >= 15 is 0 Å². The molecule has 0 saturated carbocycles. The Kier molecular flexibility index (Phi) is 4.73. The Morgan fingerprint density at radius 2 is 1.71 bits per heavy atom. The first-order chi connectivity index (χ1) is 9.86. The minimum Gasteiger partial charge on any atom is -0.325 e. The molecule has 0 bridgehead atoms. The molecule has 0 aliphatic carbocycles. The standard InChI is InChI=1S/C16H14BrF2NO/c1-9-5-12(17)6-10(2)16(9)20-15(21)8-11-3-4-13(18)14(19)7-11/h3-7H,8H2,1-2H3,(H,20,21). The van der Waals surface area contributed by atoms with E-state index in [2.05, 4.69) is 21.2 Å². The lowest BCUT2D eigenvalue weighted by atomic mass is 10.1. The predicted molar refractivity (Wildman–Crippen MR) is 82.3 cm³/mol. The van der Waals surface area contributed by atoms with Crippen LogP contribution in [0.15, 0.2) is 34.8 Å². The molecular weight excluding hydrogens is 340 g/mol. The molecule has 5 heteroatoms. The first kappa shape index (κ1) is 15.6. The number of carbonyl (C=O) groups is 1. The summed E-state index contributed by atoms with van der Waals surface area (Å²) < 4.78 is 26.9. The smallest absolute Gasteiger partial charge is 0.228 e. The van der Waals surface area contributed by atoms with E-state index in [9.17, 15) is 13.6 Å². The fourth-order valence-electron chi connectivity index (χ4n) is 2.13. The quantitative estimate of drug-likeness (QED) is 0.863. The number of hydrogen-bond donors (Lipinski definition) is 1. The molecule has 1 amide bonds. The molecule has 0 aliphatic rings. The van der Waals surface area contributed by atoms with E-state index < -0.39 is 11.6 Å². The summed E-state index contributed by atoms with van der Waals surface area (Å²) in [5, 5.41) is 2.81. The minimum atomic E-state index is -0.948. The molecule has 0 fully saturated rings. The summed E-state index contributed by atoms with van der Waals surface area (Å²) >= 11 is 3.39. The summed E-state index contributed by atoms with van der Waals surface area (Å²) in [5.74, 6) is -2.13. The fourth-order valence-corrected chi connectivity index (χ4v) is 2.81. The van der Waals surface area contributed by atoms with Crippen molar-refractivity contribution in [2.45, 2.75) is 20.3 Å². The van der Waals surface area contributed by atoms with Gasteiger partial charge in [0, 0.05) is 10.2 Å². The average Bonchev–Trinajstić information content (AvgIpc) is 2.38. The Labute approximate surface area is 130 Å². The monoisotopic (exact) mass is 353 g/mol. The van der Waals surface area contributed by atoms with Crippen LogP contribution in [0.2, 0.25) is 0 Å². The summed E-state index contributed by atoms with van der Waals surface area (Å²) in [6.45, 7) is 3.79. The van der Waals surface area contributed by atoms with Gasteiger partial charge in [0.25, 0.3) is 0 Å². The van der Waals surface area contributed by atoms with Crippen LogP contribution in [0.5, 0.6) is 0 Å². The third-order valence-corrected chi connectivity index (χ3v) is 3.57. The van der Waals surface area contributed by atoms with Gasteiger partial charge in [-0.3, -0.25) is 4.79 Å². The van der Waals surface area contributed by atoms with Crippen LogP contribution in [0.25, 0.3) is 0 Å². The second-order valence-electron chi connectivity index (χ2n) is 4.89. The number of hydrogen-bond acceptors (Lipinski definition) is 1. The normalized spacial score (nSPS) is 10.5. The predicted octanol–water partition coefficient (Wildman–Crippen LogP) is 4.53. The molecule has 2 nitrogen and oxygen atoms in total. The van der Waals surface area contributed by atoms with E-state index in [1.807, 2.05) is 26.0 Å². The highest BCUT2D eigenvalue weighted by Gasteiger charge is 2.11. The number of amides is 1. The molecule has 0 spiro atoms. The average molecular weight is 354 g/mol. The Morgan fingerprint density at radius 3 is 2.29 bits per heavy atom. The lowest BCUT2D eigenvalue weighted by Crippen LogP contribution is -2.16. The molecule has 1 N–H and O–H groups in total. The molecular formula is C16H14BrF2NO. The van der Waals surface area contributed by atoms with Gasteiger partial charge in [-0.25, -0.2) is 8.78 Å². The topological polar surface area (TPSA) is 29.1 Å². The van der Waals surface area contributed by atoms with Gasteiger partial charge in [-0.1, -0.05) is 22.0 Å². The van der Waals surface area contributed by atoms with Crippen LogP contribution in [-0.4, -0.2) is 5.91 Å². The van der Waals surface area contributed by atoms with Gasteiger partial charge in [-0.05, 0) is 54.8 Å². The van der Waals surface area contributed by atoms with Crippen LogP contribution in [0.3, 0.4) is 0 Å².